The minimum atomic E-state index is -0.380. The Morgan fingerprint density at radius 1 is 1.19 bits per heavy atom. The molecular weight excluding hydrogens is 270 g/mol. The summed E-state index contributed by atoms with van der Waals surface area (Å²) in [6.45, 7) is 5.69. The van der Waals surface area contributed by atoms with E-state index in [1.807, 2.05) is 20.8 Å². The number of nitrogens with zero attached hydrogens (tertiary/aromatic N) is 1. The fraction of sp³-hybridized carbons (Fsp3) is 0.400. The molecule has 2 rings (SSSR count). The van der Waals surface area contributed by atoms with Crippen LogP contribution in [0, 0.1) is 5.92 Å². The normalized spacial score (nSPS) is 12.6. The summed E-state index contributed by atoms with van der Waals surface area (Å²) in [4.78, 5) is 36.1. The van der Waals surface area contributed by atoms with Crippen LogP contribution in [0.4, 0.5) is 0 Å². The standard InChI is InChI=1S/C15H19N3O3/c1-9(2)10(3)16-13(19)8-18-15(21)12-7-5-4-6-11(12)14(20)17-18/h4-7,9-10H,8H2,1-3H3,(H,16,19)(H,17,20)/t10-/m0/s1. The number of fused-ring (bicyclic) bond motifs is 1. The summed E-state index contributed by atoms with van der Waals surface area (Å²) in [5.74, 6) is -0.00874. The molecule has 0 saturated heterocycles. The van der Waals surface area contributed by atoms with E-state index in [4.69, 9.17) is 0 Å². The molecule has 21 heavy (non-hydrogen) atoms. The predicted octanol–water partition coefficient (Wildman–Crippen LogP) is 0.850. The molecule has 0 fully saturated rings. The van der Waals surface area contributed by atoms with E-state index < -0.39 is 0 Å². The van der Waals surface area contributed by atoms with Gasteiger partial charge in [-0.05, 0) is 25.0 Å². The van der Waals surface area contributed by atoms with Crippen molar-refractivity contribution < 1.29 is 4.79 Å². The first kappa shape index (κ1) is 15.0. The van der Waals surface area contributed by atoms with Gasteiger partial charge < -0.3 is 5.32 Å². The van der Waals surface area contributed by atoms with Crippen molar-refractivity contribution in [2.24, 2.45) is 5.92 Å². The van der Waals surface area contributed by atoms with E-state index in [9.17, 15) is 14.4 Å². The first-order valence-electron chi connectivity index (χ1n) is 6.91. The van der Waals surface area contributed by atoms with Gasteiger partial charge in [-0.3, -0.25) is 19.5 Å². The predicted molar refractivity (Wildman–Crippen MR) is 81.3 cm³/mol. The molecule has 0 bridgehead atoms. The van der Waals surface area contributed by atoms with Crippen LogP contribution in [0.1, 0.15) is 20.8 Å². The largest absolute Gasteiger partial charge is 0.352 e. The Hall–Kier alpha value is -2.37. The van der Waals surface area contributed by atoms with E-state index >= 15 is 0 Å². The number of aromatic amines is 1. The Bertz CT molecular complexity index is 774. The van der Waals surface area contributed by atoms with E-state index in [1.54, 1.807) is 24.3 Å². The number of hydrogen-bond donors (Lipinski definition) is 2. The van der Waals surface area contributed by atoms with Crippen LogP contribution in [0.25, 0.3) is 10.8 Å². The van der Waals surface area contributed by atoms with Gasteiger partial charge in [-0.15, -0.1) is 0 Å². The highest BCUT2D eigenvalue weighted by Gasteiger charge is 2.13. The maximum atomic E-state index is 12.2. The number of aromatic nitrogens is 2. The van der Waals surface area contributed by atoms with Gasteiger partial charge in [0.15, 0.2) is 0 Å². The number of hydrogen-bond acceptors (Lipinski definition) is 3. The van der Waals surface area contributed by atoms with Crippen LogP contribution < -0.4 is 16.4 Å². The highest BCUT2D eigenvalue weighted by Crippen LogP contribution is 2.02. The van der Waals surface area contributed by atoms with E-state index in [1.165, 1.54) is 0 Å². The summed E-state index contributed by atoms with van der Waals surface area (Å²) in [5.41, 5.74) is -0.757. The first-order valence-corrected chi connectivity index (χ1v) is 6.91. The number of H-pyrrole nitrogens is 1. The number of carbonyl (C=O) groups excluding carboxylic acids is 1. The fourth-order valence-corrected chi connectivity index (χ4v) is 1.97. The molecule has 1 amide bonds. The Kier molecular flexibility index (Phi) is 4.26. The fourth-order valence-electron chi connectivity index (χ4n) is 1.97. The average molecular weight is 289 g/mol. The topological polar surface area (TPSA) is 84.0 Å². The highest BCUT2D eigenvalue weighted by molar-refractivity contribution is 5.81. The summed E-state index contributed by atoms with van der Waals surface area (Å²) in [6.07, 6.45) is 0. The zero-order valence-electron chi connectivity index (χ0n) is 12.3. The van der Waals surface area contributed by atoms with E-state index in [-0.39, 0.29) is 29.6 Å². The Morgan fingerprint density at radius 2 is 1.81 bits per heavy atom. The number of carbonyl (C=O) groups is 1. The summed E-state index contributed by atoms with van der Waals surface area (Å²) < 4.78 is 1.05. The maximum Gasteiger partial charge on any atom is 0.273 e. The van der Waals surface area contributed by atoms with Crippen molar-refractivity contribution in [1.82, 2.24) is 15.1 Å². The van der Waals surface area contributed by atoms with Gasteiger partial charge in [-0.2, -0.15) is 0 Å². The molecule has 0 aliphatic rings. The van der Waals surface area contributed by atoms with Gasteiger partial charge in [0.25, 0.3) is 11.1 Å². The Labute approximate surface area is 121 Å². The molecule has 1 heterocycles. The second-order valence-corrected chi connectivity index (χ2v) is 5.48. The van der Waals surface area contributed by atoms with Crippen molar-refractivity contribution in [2.45, 2.75) is 33.4 Å². The van der Waals surface area contributed by atoms with E-state index in [0.717, 1.165) is 4.68 Å². The van der Waals surface area contributed by atoms with Crippen molar-refractivity contribution >= 4 is 16.7 Å². The van der Waals surface area contributed by atoms with Crippen LogP contribution in [0.2, 0.25) is 0 Å². The molecule has 0 spiro atoms. The van der Waals surface area contributed by atoms with Gasteiger partial charge in [-0.1, -0.05) is 26.0 Å². The molecule has 2 aromatic rings. The van der Waals surface area contributed by atoms with Crippen molar-refractivity contribution in [1.29, 1.82) is 0 Å². The molecule has 2 N–H and O–H groups in total. The van der Waals surface area contributed by atoms with Crippen LogP contribution in [-0.4, -0.2) is 21.7 Å². The molecule has 0 saturated carbocycles. The molecule has 112 valence electrons. The van der Waals surface area contributed by atoms with Crippen molar-refractivity contribution in [2.75, 3.05) is 0 Å². The molecule has 0 aliphatic carbocycles. The van der Waals surface area contributed by atoms with E-state index in [0.29, 0.717) is 16.7 Å². The van der Waals surface area contributed by atoms with Gasteiger partial charge >= 0.3 is 0 Å². The van der Waals surface area contributed by atoms with Crippen LogP contribution in [0.3, 0.4) is 0 Å². The lowest BCUT2D eigenvalue weighted by molar-refractivity contribution is -0.122. The van der Waals surface area contributed by atoms with Gasteiger partial charge in [0, 0.05) is 6.04 Å². The molecule has 0 radical (unpaired) electrons. The monoisotopic (exact) mass is 289 g/mol. The zero-order chi connectivity index (χ0) is 15.6. The number of benzene rings is 1. The lowest BCUT2D eigenvalue weighted by Crippen LogP contribution is -2.41. The molecule has 6 heteroatoms. The van der Waals surface area contributed by atoms with Crippen LogP contribution in [-0.2, 0) is 11.3 Å². The lowest BCUT2D eigenvalue weighted by atomic mass is 10.1. The smallest absolute Gasteiger partial charge is 0.273 e. The molecule has 0 unspecified atom stereocenters. The quantitative estimate of drug-likeness (QED) is 0.875. The summed E-state index contributed by atoms with van der Waals surface area (Å²) in [6, 6.07) is 6.55. The molecule has 1 aromatic heterocycles. The highest BCUT2D eigenvalue weighted by atomic mass is 16.2. The summed E-state index contributed by atoms with van der Waals surface area (Å²) >= 11 is 0. The third-order valence-corrected chi connectivity index (χ3v) is 3.57. The molecule has 1 aromatic carbocycles. The third-order valence-electron chi connectivity index (χ3n) is 3.57. The average Bonchev–Trinajstić information content (AvgIpc) is 2.44. The molecule has 0 aliphatic heterocycles. The third kappa shape index (κ3) is 3.21. The number of nitrogens with one attached hydrogen (secondary N) is 2. The Balaban J connectivity index is 2.32. The van der Waals surface area contributed by atoms with Gasteiger partial charge in [0.2, 0.25) is 5.91 Å². The number of amides is 1. The SMILES string of the molecule is CC(C)[C@H](C)NC(=O)Cn1[nH]c(=O)c2ccccc2c1=O. The second kappa shape index (κ2) is 5.95. The molecule has 1 atom stereocenters. The molecule has 6 nitrogen and oxygen atoms in total. The van der Waals surface area contributed by atoms with Crippen LogP contribution in [0.5, 0.6) is 0 Å². The second-order valence-electron chi connectivity index (χ2n) is 5.48. The van der Waals surface area contributed by atoms with Crippen molar-refractivity contribution in [3.05, 3.63) is 45.0 Å². The van der Waals surface area contributed by atoms with Crippen molar-refractivity contribution in [3.8, 4) is 0 Å². The van der Waals surface area contributed by atoms with Crippen LogP contribution in [0.15, 0.2) is 33.9 Å². The van der Waals surface area contributed by atoms with Gasteiger partial charge in [0.05, 0.1) is 10.8 Å². The van der Waals surface area contributed by atoms with E-state index in [2.05, 4.69) is 10.4 Å². The van der Waals surface area contributed by atoms with Gasteiger partial charge in [-0.25, -0.2) is 4.68 Å². The number of rotatable bonds is 4. The van der Waals surface area contributed by atoms with Crippen molar-refractivity contribution in [3.63, 3.8) is 0 Å². The minimum Gasteiger partial charge on any atom is -0.352 e. The summed E-state index contributed by atoms with van der Waals surface area (Å²) in [5, 5.41) is 5.88. The zero-order valence-corrected chi connectivity index (χ0v) is 12.3. The Morgan fingerprint density at radius 3 is 2.43 bits per heavy atom. The van der Waals surface area contributed by atoms with Crippen LogP contribution >= 0.6 is 0 Å². The minimum absolute atomic E-state index is 0.000352. The maximum absolute atomic E-state index is 12.2. The lowest BCUT2D eigenvalue weighted by Gasteiger charge is -2.17. The van der Waals surface area contributed by atoms with Gasteiger partial charge in [0.1, 0.15) is 6.54 Å². The molecular formula is C15H19N3O3. The first-order chi connectivity index (χ1) is 9.90. The summed E-state index contributed by atoms with van der Waals surface area (Å²) in [7, 11) is 0.